The summed E-state index contributed by atoms with van der Waals surface area (Å²) in [7, 11) is 0. The second kappa shape index (κ2) is 5.22. The van der Waals surface area contributed by atoms with Crippen LogP contribution in [0.2, 0.25) is 0 Å². The molecule has 0 aliphatic carbocycles. The second-order valence-corrected chi connectivity index (χ2v) is 5.21. The minimum absolute atomic E-state index is 0.346. The van der Waals surface area contributed by atoms with Crippen molar-refractivity contribution in [1.82, 2.24) is 0 Å². The van der Waals surface area contributed by atoms with E-state index in [0.29, 0.717) is 25.8 Å². The van der Waals surface area contributed by atoms with E-state index < -0.39 is 12.0 Å². The maximum Gasteiger partial charge on any atom is 0.256 e. The number of alkyl halides is 2. The topological polar surface area (TPSA) is 29.3 Å². The Kier molecular flexibility index (Phi) is 3.85. The molecule has 1 saturated heterocycles. The highest BCUT2D eigenvalue weighted by Crippen LogP contribution is 2.28. The van der Waals surface area contributed by atoms with Crippen molar-refractivity contribution in [3.63, 3.8) is 0 Å². The lowest BCUT2D eigenvalue weighted by Crippen LogP contribution is -2.47. The molecule has 1 aliphatic heterocycles. The first kappa shape index (κ1) is 13.3. The molecule has 100 valence electrons. The minimum Gasteiger partial charge on any atom is -0.371 e. The third-order valence-corrected chi connectivity index (χ3v) is 3.75. The monoisotopic (exact) mass is 254 g/mol. The van der Waals surface area contributed by atoms with Crippen LogP contribution in [0.1, 0.15) is 24.8 Å². The van der Waals surface area contributed by atoms with E-state index in [1.54, 1.807) is 0 Å². The molecule has 0 aromatic heterocycles. The van der Waals surface area contributed by atoms with Crippen LogP contribution >= 0.6 is 0 Å². The molecule has 1 heterocycles. The molecule has 1 aliphatic rings. The van der Waals surface area contributed by atoms with E-state index in [9.17, 15) is 8.78 Å². The average molecular weight is 254 g/mol. The van der Waals surface area contributed by atoms with Gasteiger partial charge in [0.2, 0.25) is 0 Å². The Hall–Kier alpha value is -1.16. The summed E-state index contributed by atoms with van der Waals surface area (Å²) < 4.78 is 25.8. The van der Waals surface area contributed by atoms with E-state index in [-0.39, 0.29) is 0 Å². The molecule has 2 nitrogen and oxygen atoms in total. The Bertz CT molecular complexity index is 391. The van der Waals surface area contributed by atoms with Gasteiger partial charge in [-0.1, -0.05) is 17.7 Å². The summed E-state index contributed by atoms with van der Waals surface area (Å²) >= 11 is 0. The zero-order chi connectivity index (χ0) is 13.2. The van der Waals surface area contributed by atoms with Crippen LogP contribution in [0.3, 0.4) is 0 Å². The Balaban J connectivity index is 2.07. The molecule has 1 unspecified atom stereocenters. The molecule has 1 fully saturated rings. The molecule has 0 amide bonds. The van der Waals surface area contributed by atoms with Gasteiger partial charge in [-0.2, -0.15) is 0 Å². The van der Waals surface area contributed by atoms with Crippen molar-refractivity contribution in [2.45, 2.75) is 38.2 Å². The normalized spacial score (nSPS) is 25.3. The van der Waals surface area contributed by atoms with Gasteiger partial charge >= 0.3 is 0 Å². The lowest BCUT2D eigenvalue weighted by molar-refractivity contribution is 0.0466. The van der Waals surface area contributed by atoms with Gasteiger partial charge in [0.1, 0.15) is 0 Å². The number of halogens is 2. The van der Waals surface area contributed by atoms with Crippen molar-refractivity contribution in [1.29, 1.82) is 0 Å². The van der Waals surface area contributed by atoms with Crippen molar-refractivity contribution in [3.05, 3.63) is 29.8 Å². The van der Waals surface area contributed by atoms with Gasteiger partial charge < -0.3 is 10.6 Å². The third kappa shape index (κ3) is 2.80. The number of anilines is 1. The largest absolute Gasteiger partial charge is 0.371 e. The summed E-state index contributed by atoms with van der Waals surface area (Å²) in [4.78, 5) is 2.15. The van der Waals surface area contributed by atoms with Crippen LogP contribution in [0.5, 0.6) is 0 Å². The number of nitrogens with zero attached hydrogens (tertiary/aromatic N) is 1. The van der Waals surface area contributed by atoms with Crippen molar-refractivity contribution >= 4 is 5.69 Å². The highest BCUT2D eigenvalue weighted by molar-refractivity contribution is 5.47. The van der Waals surface area contributed by atoms with Crippen LogP contribution in [-0.4, -0.2) is 25.1 Å². The maximum absolute atomic E-state index is 12.9. The van der Waals surface area contributed by atoms with Gasteiger partial charge in [0.05, 0.1) is 5.54 Å². The Labute approximate surface area is 107 Å². The smallest absolute Gasteiger partial charge is 0.256 e. The Morgan fingerprint density at radius 2 is 1.83 bits per heavy atom. The van der Waals surface area contributed by atoms with Gasteiger partial charge in [-0.3, -0.25) is 0 Å². The van der Waals surface area contributed by atoms with Crippen LogP contribution in [-0.2, 0) is 0 Å². The van der Waals surface area contributed by atoms with E-state index in [2.05, 4.69) is 4.90 Å². The van der Waals surface area contributed by atoms with Gasteiger partial charge in [-0.05, 0) is 38.3 Å². The minimum atomic E-state index is -2.43. The summed E-state index contributed by atoms with van der Waals surface area (Å²) in [6.07, 6.45) is -0.976. The lowest BCUT2D eigenvalue weighted by atomic mass is 9.92. The molecule has 1 aromatic rings. The molecule has 18 heavy (non-hydrogen) atoms. The SMILES string of the molecule is Cc1ccc(N2CCCC(N)(C(F)F)CC2)cc1. The highest BCUT2D eigenvalue weighted by Gasteiger charge is 2.37. The molecular weight excluding hydrogens is 234 g/mol. The van der Waals surface area contributed by atoms with Crippen molar-refractivity contribution < 1.29 is 8.78 Å². The zero-order valence-electron chi connectivity index (χ0n) is 10.7. The van der Waals surface area contributed by atoms with Crippen LogP contribution in [0.4, 0.5) is 14.5 Å². The van der Waals surface area contributed by atoms with Crippen LogP contribution in [0.25, 0.3) is 0 Å². The average Bonchev–Trinajstić information content (AvgIpc) is 2.54. The number of nitrogens with two attached hydrogens (primary N) is 1. The fourth-order valence-corrected chi connectivity index (χ4v) is 2.41. The Morgan fingerprint density at radius 3 is 2.44 bits per heavy atom. The van der Waals surface area contributed by atoms with Gasteiger partial charge in [-0.15, -0.1) is 0 Å². The van der Waals surface area contributed by atoms with E-state index in [0.717, 1.165) is 12.2 Å². The maximum atomic E-state index is 12.9. The number of hydrogen-bond acceptors (Lipinski definition) is 2. The number of aryl methyl sites for hydroxylation is 1. The first-order valence-corrected chi connectivity index (χ1v) is 6.40. The molecular formula is C14H20F2N2. The van der Waals surface area contributed by atoms with Crippen molar-refractivity contribution in [2.75, 3.05) is 18.0 Å². The first-order valence-electron chi connectivity index (χ1n) is 6.40. The molecule has 0 saturated carbocycles. The molecule has 1 atom stereocenters. The molecule has 1 aromatic carbocycles. The van der Waals surface area contributed by atoms with Crippen molar-refractivity contribution in [2.24, 2.45) is 5.73 Å². The van der Waals surface area contributed by atoms with E-state index in [4.69, 9.17) is 5.73 Å². The van der Waals surface area contributed by atoms with Gasteiger partial charge in [0.15, 0.2) is 0 Å². The summed E-state index contributed by atoms with van der Waals surface area (Å²) in [6, 6.07) is 8.18. The molecule has 0 radical (unpaired) electrons. The number of rotatable bonds is 2. The summed E-state index contributed by atoms with van der Waals surface area (Å²) in [5, 5.41) is 0. The fraction of sp³-hybridized carbons (Fsp3) is 0.571. The van der Waals surface area contributed by atoms with E-state index in [1.165, 1.54) is 5.56 Å². The Morgan fingerprint density at radius 1 is 1.17 bits per heavy atom. The first-order chi connectivity index (χ1) is 8.51. The summed E-state index contributed by atoms with van der Waals surface area (Å²) in [5.74, 6) is 0. The second-order valence-electron chi connectivity index (χ2n) is 5.21. The zero-order valence-corrected chi connectivity index (χ0v) is 10.7. The number of benzene rings is 1. The van der Waals surface area contributed by atoms with Crippen LogP contribution in [0.15, 0.2) is 24.3 Å². The quantitative estimate of drug-likeness (QED) is 0.879. The number of hydrogen-bond donors (Lipinski definition) is 1. The van der Waals surface area contributed by atoms with E-state index >= 15 is 0 Å². The summed E-state index contributed by atoms with van der Waals surface area (Å²) in [6.45, 7) is 3.44. The molecule has 0 spiro atoms. The molecule has 2 rings (SSSR count). The van der Waals surface area contributed by atoms with Gasteiger partial charge in [-0.25, -0.2) is 8.78 Å². The molecule has 0 bridgehead atoms. The predicted octanol–water partition coefficient (Wildman–Crippen LogP) is 2.95. The summed E-state index contributed by atoms with van der Waals surface area (Å²) in [5.41, 5.74) is 6.78. The molecule has 4 heteroatoms. The van der Waals surface area contributed by atoms with Crippen LogP contribution < -0.4 is 10.6 Å². The third-order valence-electron chi connectivity index (χ3n) is 3.75. The fourth-order valence-electron chi connectivity index (χ4n) is 2.41. The van der Waals surface area contributed by atoms with Gasteiger partial charge in [0, 0.05) is 18.8 Å². The van der Waals surface area contributed by atoms with E-state index in [1.807, 2.05) is 31.2 Å². The molecule has 2 N–H and O–H groups in total. The standard InChI is InChI=1S/C14H20F2N2/c1-11-3-5-12(6-4-11)18-9-2-7-14(17,8-10-18)13(15)16/h3-6,13H,2,7-10,17H2,1H3. The predicted molar refractivity (Wildman–Crippen MR) is 70.2 cm³/mol. The van der Waals surface area contributed by atoms with Crippen molar-refractivity contribution in [3.8, 4) is 0 Å². The highest BCUT2D eigenvalue weighted by atomic mass is 19.3. The van der Waals surface area contributed by atoms with Crippen LogP contribution in [0, 0.1) is 6.92 Å². The lowest BCUT2D eigenvalue weighted by Gasteiger charge is -2.27. The van der Waals surface area contributed by atoms with Gasteiger partial charge in [0.25, 0.3) is 6.43 Å².